The monoisotopic (exact) mass is 243 g/mol. The van der Waals surface area contributed by atoms with Crippen LogP contribution >= 0.6 is 0 Å². The third-order valence-corrected chi connectivity index (χ3v) is 2.73. The highest BCUT2D eigenvalue weighted by atomic mass is 16.5. The number of carbonyl (C=O) groups excluding carboxylic acids is 4. The molecular formula is C10H13NO6. The predicted octanol–water partition coefficient (Wildman–Crippen LogP) is -1.05. The van der Waals surface area contributed by atoms with Crippen molar-refractivity contribution in [3.63, 3.8) is 0 Å². The third kappa shape index (κ3) is 2.27. The molecule has 94 valence electrons. The van der Waals surface area contributed by atoms with Crippen LogP contribution in [0, 0.1) is 11.8 Å². The first-order chi connectivity index (χ1) is 7.93. The Balaban J connectivity index is 3.00. The van der Waals surface area contributed by atoms with E-state index in [0.717, 1.165) is 19.1 Å². The number of ether oxygens (including phenoxy) is 2. The first kappa shape index (κ1) is 13.1. The van der Waals surface area contributed by atoms with Gasteiger partial charge in [0.1, 0.15) is 0 Å². The van der Waals surface area contributed by atoms with Gasteiger partial charge in [0, 0.05) is 13.5 Å². The summed E-state index contributed by atoms with van der Waals surface area (Å²) in [5.74, 6) is -5.18. The number of methoxy groups -OCH3 is 2. The van der Waals surface area contributed by atoms with Gasteiger partial charge in [-0.1, -0.05) is 0 Å². The van der Waals surface area contributed by atoms with E-state index in [4.69, 9.17) is 0 Å². The van der Waals surface area contributed by atoms with Crippen molar-refractivity contribution in [2.24, 2.45) is 11.8 Å². The Bertz CT molecular complexity index is 361. The zero-order valence-electron chi connectivity index (χ0n) is 9.76. The lowest BCUT2D eigenvalue weighted by Crippen LogP contribution is -2.37. The zero-order valence-corrected chi connectivity index (χ0v) is 9.76. The molecular weight excluding hydrogens is 230 g/mol. The van der Waals surface area contributed by atoms with Gasteiger partial charge in [-0.15, -0.1) is 0 Å². The van der Waals surface area contributed by atoms with E-state index in [1.807, 2.05) is 0 Å². The van der Waals surface area contributed by atoms with E-state index < -0.39 is 35.6 Å². The molecule has 1 fully saturated rings. The van der Waals surface area contributed by atoms with Crippen molar-refractivity contribution < 1.29 is 28.7 Å². The van der Waals surface area contributed by atoms with E-state index in [9.17, 15) is 19.2 Å². The second-order valence-corrected chi connectivity index (χ2v) is 3.63. The first-order valence-electron chi connectivity index (χ1n) is 4.90. The number of imide groups is 1. The second kappa shape index (κ2) is 4.94. The van der Waals surface area contributed by atoms with Gasteiger partial charge in [0.2, 0.25) is 11.8 Å². The molecule has 1 aliphatic heterocycles. The van der Waals surface area contributed by atoms with Gasteiger partial charge in [0.25, 0.3) is 0 Å². The minimum absolute atomic E-state index is 0.190. The molecule has 7 heteroatoms. The number of likely N-dealkylation sites (tertiary alicyclic amines) is 1. The van der Waals surface area contributed by atoms with Gasteiger partial charge >= 0.3 is 11.9 Å². The first-order valence-corrected chi connectivity index (χ1v) is 4.90. The fraction of sp³-hybridized carbons (Fsp3) is 0.600. The zero-order chi connectivity index (χ0) is 13.2. The molecule has 1 unspecified atom stereocenters. The van der Waals surface area contributed by atoms with Crippen molar-refractivity contribution in [2.45, 2.75) is 6.42 Å². The van der Waals surface area contributed by atoms with Crippen LogP contribution in [0.1, 0.15) is 6.42 Å². The number of hydrogen-bond donors (Lipinski definition) is 0. The third-order valence-electron chi connectivity index (χ3n) is 2.73. The lowest BCUT2D eigenvalue weighted by Gasteiger charge is -2.16. The molecule has 2 amide bonds. The van der Waals surface area contributed by atoms with Crippen LogP contribution in [-0.4, -0.2) is 49.9 Å². The molecule has 0 aliphatic carbocycles. The van der Waals surface area contributed by atoms with Crippen LogP contribution in [0.2, 0.25) is 0 Å². The summed E-state index contributed by atoms with van der Waals surface area (Å²) in [4.78, 5) is 46.8. The topological polar surface area (TPSA) is 90.0 Å². The Labute approximate surface area is 97.7 Å². The van der Waals surface area contributed by atoms with Crippen molar-refractivity contribution in [3.05, 3.63) is 0 Å². The SMILES string of the molecule is COC(=O)C(C(=O)OC)C1CC(=O)N(C)C1=O. The summed E-state index contributed by atoms with van der Waals surface area (Å²) < 4.78 is 8.89. The average Bonchev–Trinajstić information content (AvgIpc) is 2.57. The van der Waals surface area contributed by atoms with E-state index in [1.54, 1.807) is 0 Å². The number of nitrogens with zero attached hydrogens (tertiary/aromatic N) is 1. The fourth-order valence-electron chi connectivity index (χ4n) is 1.72. The molecule has 0 radical (unpaired) electrons. The van der Waals surface area contributed by atoms with E-state index >= 15 is 0 Å². The number of rotatable bonds is 3. The molecule has 0 N–H and O–H groups in total. The van der Waals surface area contributed by atoms with Crippen LogP contribution < -0.4 is 0 Å². The molecule has 1 heterocycles. The van der Waals surface area contributed by atoms with E-state index in [2.05, 4.69) is 9.47 Å². The Morgan fingerprint density at radius 1 is 1.24 bits per heavy atom. The molecule has 1 aliphatic rings. The fourth-order valence-corrected chi connectivity index (χ4v) is 1.72. The van der Waals surface area contributed by atoms with Gasteiger partial charge in [0.15, 0.2) is 5.92 Å². The standard InChI is InChI=1S/C10H13NO6/c1-11-6(12)4-5(8(11)13)7(9(14)16-2)10(15)17-3/h5,7H,4H2,1-3H3. The Hall–Kier alpha value is -1.92. The molecule has 0 aromatic rings. The molecule has 1 atom stereocenters. The van der Waals surface area contributed by atoms with Gasteiger partial charge < -0.3 is 9.47 Å². The number of hydrogen-bond acceptors (Lipinski definition) is 6. The van der Waals surface area contributed by atoms with Gasteiger partial charge in [0.05, 0.1) is 20.1 Å². The van der Waals surface area contributed by atoms with Crippen molar-refractivity contribution in [2.75, 3.05) is 21.3 Å². The number of esters is 2. The van der Waals surface area contributed by atoms with Crippen molar-refractivity contribution >= 4 is 23.8 Å². The lowest BCUT2D eigenvalue weighted by atomic mass is 9.91. The Morgan fingerprint density at radius 2 is 1.71 bits per heavy atom. The maximum Gasteiger partial charge on any atom is 0.320 e. The minimum atomic E-state index is -1.38. The Morgan fingerprint density at radius 3 is 2.00 bits per heavy atom. The molecule has 7 nitrogen and oxygen atoms in total. The maximum atomic E-state index is 11.7. The van der Waals surface area contributed by atoms with Crippen molar-refractivity contribution in [3.8, 4) is 0 Å². The summed E-state index contributed by atoms with van der Waals surface area (Å²) in [7, 11) is 3.50. The molecule has 0 aromatic carbocycles. The van der Waals surface area contributed by atoms with E-state index in [-0.39, 0.29) is 6.42 Å². The highest BCUT2D eigenvalue weighted by Gasteiger charge is 2.48. The quantitative estimate of drug-likeness (QED) is 0.357. The molecule has 0 spiro atoms. The highest BCUT2D eigenvalue weighted by molar-refractivity contribution is 6.08. The van der Waals surface area contributed by atoms with Crippen LogP contribution in [0.3, 0.4) is 0 Å². The van der Waals surface area contributed by atoms with Crippen molar-refractivity contribution in [1.29, 1.82) is 0 Å². The summed E-state index contributed by atoms with van der Waals surface area (Å²) in [6, 6.07) is 0. The summed E-state index contributed by atoms with van der Waals surface area (Å²) >= 11 is 0. The van der Waals surface area contributed by atoms with Gasteiger partial charge in [-0.05, 0) is 0 Å². The van der Waals surface area contributed by atoms with Crippen LogP contribution in [0.4, 0.5) is 0 Å². The molecule has 0 aromatic heterocycles. The largest absolute Gasteiger partial charge is 0.468 e. The predicted molar refractivity (Wildman–Crippen MR) is 53.4 cm³/mol. The summed E-state index contributed by atoms with van der Waals surface area (Å²) in [6.07, 6.45) is -0.190. The lowest BCUT2D eigenvalue weighted by molar-refractivity contribution is -0.164. The van der Waals surface area contributed by atoms with Gasteiger partial charge in [-0.25, -0.2) is 0 Å². The van der Waals surface area contributed by atoms with Gasteiger partial charge in [-0.3, -0.25) is 24.1 Å². The Kier molecular flexibility index (Phi) is 3.82. The van der Waals surface area contributed by atoms with Gasteiger partial charge in [-0.2, -0.15) is 0 Å². The number of amides is 2. The molecule has 0 saturated carbocycles. The smallest absolute Gasteiger partial charge is 0.320 e. The molecule has 17 heavy (non-hydrogen) atoms. The van der Waals surface area contributed by atoms with Crippen LogP contribution in [0.5, 0.6) is 0 Å². The minimum Gasteiger partial charge on any atom is -0.468 e. The summed E-state index contributed by atoms with van der Waals surface area (Å²) in [6.45, 7) is 0. The normalized spacial score (nSPS) is 19.8. The molecule has 1 saturated heterocycles. The maximum absolute atomic E-state index is 11.7. The summed E-state index contributed by atoms with van der Waals surface area (Å²) in [5, 5.41) is 0. The number of carbonyl (C=O) groups is 4. The van der Waals surface area contributed by atoms with Crippen LogP contribution in [0.15, 0.2) is 0 Å². The molecule has 1 rings (SSSR count). The van der Waals surface area contributed by atoms with E-state index in [0.29, 0.717) is 0 Å². The highest BCUT2D eigenvalue weighted by Crippen LogP contribution is 2.27. The van der Waals surface area contributed by atoms with Crippen LogP contribution in [0.25, 0.3) is 0 Å². The summed E-state index contributed by atoms with van der Waals surface area (Å²) in [5.41, 5.74) is 0. The van der Waals surface area contributed by atoms with Crippen molar-refractivity contribution in [1.82, 2.24) is 4.90 Å². The average molecular weight is 243 g/mol. The van der Waals surface area contributed by atoms with Crippen LogP contribution in [-0.2, 0) is 28.7 Å². The van der Waals surface area contributed by atoms with E-state index in [1.165, 1.54) is 7.05 Å². The molecule has 0 bridgehead atoms. The second-order valence-electron chi connectivity index (χ2n) is 3.63.